The number of carbonyl (C=O) groups is 1. The average Bonchev–Trinajstić information content (AvgIpc) is 2.59. The van der Waals surface area contributed by atoms with Gasteiger partial charge in [-0.3, -0.25) is 4.79 Å². The standard InChI is InChI=1S/C21H16O7/c22-11-3-1-2-10(4-11)14-9-17(26)21-15(5-12(23)6-16(21)25)20(14)18-7-13(24)8-19(27)28-18/h1-4,7-9,12,22-24,26H,5-6H2. The Balaban J connectivity index is 2.12. The Morgan fingerprint density at radius 3 is 2.39 bits per heavy atom. The van der Waals surface area contributed by atoms with Crippen molar-refractivity contribution in [2.45, 2.75) is 18.9 Å². The first-order valence-corrected chi connectivity index (χ1v) is 8.57. The summed E-state index contributed by atoms with van der Waals surface area (Å²) in [6.07, 6.45) is -1.03. The molecule has 28 heavy (non-hydrogen) atoms. The lowest BCUT2D eigenvalue weighted by atomic mass is 9.81. The van der Waals surface area contributed by atoms with Crippen LogP contribution in [0.4, 0.5) is 0 Å². The summed E-state index contributed by atoms with van der Waals surface area (Å²) < 4.78 is 5.26. The van der Waals surface area contributed by atoms with Crippen molar-refractivity contribution >= 4 is 5.78 Å². The molecule has 1 aliphatic carbocycles. The van der Waals surface area contributed by atoms with Crippen LogP contribution in [0.15, 0.2) is 51.7 Å². The number of aliphatic hydroxyl groups excluding tert-OH is 1. The molecule has 1 heterocycles. The van der Waals surface area contributed by atoms with Gasteiger partial charge in [-0.2, -0.15) is 0 Å². The van der Waals surface area contributed by atoms with Crippen molar-refractivity contribution in [3.8, 4) is 39.7 Å². The monoisotopic (exact) mass is 380 g/mol. The molecule has 4 rings (SSSR count). The summed E-state index contributed by atoms with van der Waals surface area (Å²) in [6, 6.07) is 9.69. The maximum atomic E-state index is 12.4. The van der Waals surface area contributed by atoms with Crippen LogP contribution in [-0.4, -0.2) is 32.3 Å². The van der Waals surface area contributed by atoms with Crippen molar-refractivity contribution in [1.29, 1.82) is 0 Å². The van der Waals surface area contributed by atoms with Crippen LogP contribution in [0, 0.1) is 0 Å². The lowest BCUT2D eigenvalue weighted by Crippen LogP contribution is -2.25. The number of hydrogen-bond donors (Lipinski definition) is 4. The Morgan fingerprint density at radius 2 is 1.68 bits per heavy atom. The summed E-state index contributed by atoms with van der Waals surface area (Å²) in [5.74, 6) is -1.05. The quantitative estimate of drug-likeness (QED) is 0.538. The second-order valence-electron chi connectivity index (χ2n) is 6.71. The minimum absolute atomic E-state index is 0.0125. The summed E-state index contributed by atoms with van der Waals surface area (Å²) >= 11 is 0. The summed E-state index contributed by atoms with van der Waals surface area (Å²) in [5.41, 5.74) is 0.736. The number of phenolic OH excluding ortho intramolecular Hbond substituents is 2. The van der Waals surface area contributed by atoms with E-state index in [4.69, 9.17) is 4.42 Å². The van der Waals surface area contributed by atoms with Crippen LogP contribution in [-0.2, 0) is 6.42 Å². The number of Topliss-reactive ketones (excluding diaryl/α,β-unsaturated/α-hetero) is 1. The largest absolute Gasteiger partial charge is 0.508 e. The summed E-state index contributed by atoms with van der Waals surface area (Å²) in [5, 5.41) is 40.3. The molecule has 142 valence electrons. The third-order valence-electron chi connectivity index (χ3n) is 4.71. The number of aromatic hydroxyl groups is 3. The molecule has 1 unspecified atom stereocenters. The molecule has 0 fully saturated rings. The smallest absolute Gasteiger partial charge is 0.339 e. The minimum atomic E-state index is -0.957. The van der Waals surface area contributed by atoms with Gasteiger partial charge in [-0.1, -0.05) is 12.1 Å². The third-order valence-corrected chi connectivity index (χ3v) is 4.71. The number of carbonyl (C=O) groups excluding carboxylic acids is 1. The first-order valence-electron chi connectivity index (χ1n) is 8.57. The van der Waals surface area contributed by atoms with Gasteiger partial charge in [0.2, 0.25) is 0 Å². The van der Waals surface area contributed by atoms with Crippen LogP contribution in [0.3, 0.4) is 0 Å². The van der Waals surface area contributed by atoms with Crippen molar-refractivity contribution < 1.29 is 29.6 Å². The number of benzene rings is 2. The maximum absolute atomic E-state index is 12.4. The zero-order chi connectivity index (χ0) is 20.0. The second kappa shape index (κ2) is 6.54. The van der Waals surface area contributed by atoms with E-state index in [9.17, 15) is 30.0 Å². The van der Waals surface area contributed by atoms with E-state index in [2.05, 4.69) is 0 Å². The van der Waals surface area contributed by atoms with E-state index in [1.807, 2.05) is 0 Å². The minimum Gasteiger partial charge on any atom is -0.508 e. The molecule has 2 aromatic carbocycles. The predicted molar refractivity (Wildman–Crippen MR) is 99.5 cm³/mol. The molecule has 0 spiro atoms. The van der Waals surface area contributed by atoms with Crippen LogP contribution in [0.1, 0.15) is 22.3 Å². The van der Waals surface area contributed by atoms with Gasteiger partial charge in [0, 0.05) is 24.5 Å². The molecule has 0 amide bonds. The molecule has 3 aromatic rings. The number of ketones is 1. The van der Waals surface area contributed by atoms with Crippen molar-refractivity contribution in [1.82, 2.24) is 0 Å². The van der Waals surface area contributed by atoms with Crippen LogP contribution in [0.5, 0.6) is 17.2 Å². The van der Waals surface area contributed by atoms with Gasteiger partial charge in [0.25, 0.3) is 0 Å². The molecular weight excluding hydrogens is 364 g/mol. The van der Waals surface area contributed by atoms with Gasteiger partial charge in [0.05, 0.1) is 17.7 Å². The Hall–Kier alpha value is -3.58. The fourth-order valence-corrected chi connectivity index (χ4v) is 3.63. The average molecular weight is 380 g/mol. The van der Waals surface area contributed by atoms with E-state index < -0.39 is 17.5 Å². The molecule has 7 nitrogen and oxygen atoms in total. The third kappa shape index (κ3) is 3.01. The lowest BCUT2D eigenvalue weighted by Gasteiger charge is -2.25. The van der Waals surface area contributed by atoms with E-state index in [0.717, 1.165) is 6.07 Å². The number of rotatable bonds is 2. The summed E-state index contributed by atoms with van der Waals surface area (Å²) in [7, 11) is 0. The lowest BCUT2D eigenvalue weighted by molar-refractivity contribution is 0.0850. The molecule has 1 aliphatic rings. The highest BCUT2D eigenvalue weighted by Crippen LogP contribution is 2.44. The highest BCUT2D eigenvalue weighted by molar-refractivity contribution is 6.05. The highest BCUT2D eigenvalue weighted by Gasteiger charge is 2.32. The molecule has 1 atom stereocenters. The van der Waals surface area contributed by atoms with Crippen LogP contribution < -0.4 is 5.63 Å². The van der Waals surface area contributed by atoms with Gasteiger partial charge < -0.3 is 24.8 Å². The van der Waals surface area contributed by atoms with Gasteiger partial charge in [0.1, 0.15) is 23.0 Å². The van der Waals surface area contributed by atoms with Crippen LogP contribution in [0.2, 0.25) is 0 Å². The van der Waals surface area contributed by atoms with Crippen LogP contribution in [0.25, 0.3) is 22.5 Å². The van der Waals surface area contributed by atoms with E-state index in [-0.39, 0.29) is 41.4 Å². The highest BCUT2D eigenvalue weighted by atomic mass is 16.4. The number of phenols is 2. The van der Waals surface area contributed by atoms with Crippen molar-refractivity contribution in [3.05, 3.63) is 64.0 Å². The van der Waals surface area contributed by atoms with Crippen molar-refractivity contribution in [2.24, 2.45) is 0 Å². The molecule has 4 N–H and O–H groups in total. The Kier molecular flexibility index (Phi) is 4.16. The van der Waals surface area contributed by atoms with E-state index in [1.54, 1.807) is 12.1 Å². The Labute approximate surface area is 158 Å². The Bertz CT molecular complexity index is 1160. The molecular formula is C21H16O7. The van der Waals surface area contributed by atoms with Crippen LogP contribution >= 0.6 is 0 Å². The van der Waals surface area contributed by atoms with E-state index in [1.165, 1.54) is 24.3 Å². The van der Waals surface area contributed by atoms with Gasteiger partial charge in [-0.05, 0) is 34.9 Å². The molecule has 7 heteroatoms. The fraction of sp³-hybridized carbons (Fsp3) is 0.143. The zero-order valence-corrected chi connectivity index (χ0v) is 14.5. The van der Waals surface area contributed by atoms with Gasteiger partial charge >= 0.3 is 5.63 Å². The number of fused-ring (bicyclic) bond motifs is 1. The molecule has 0 bridgehead atoms. The van der Waals surface area contributed by atoms with E-state index >= 15 is 0 Å². The van der Waals surface area contributed by atoms with Gasteiger partial charge in [0.15, 0.2) is 5.78 Å². The predicted octanol–water partition coefficient (Wildman–Crippen LogP) is 2.58. The van der Waals surface area contributed by atoms with E-state index in [0.29, 0.717) is 22.3 Å². The molecule has 0 saturated heterocycles. The van der Waals surface area contributed by atoms with Crippen molar-refractivity contribution in [2.75, 3.05) is 0 Å². The molecule has 0 saturated carbocycles. The topological polar surface area (TPSA) is 128 Å². The maximum Gasteiger partial charge on any atom is 0.339 e. The summed E-state index contributed by atoms with van der Waals surface area (Å²) in [6.45, 7) is 0. The van der Waals surface area contributed by atoms with Crippen molar-refractivity contribution in [3.63, 3.8) is 0 Å². The zero-order valence-electron chi connectivity index (χ0n) is 14.5. The SMILES string of the molecule is O=C1CC(O)Cc2c1c(O)cc(-c1cccc(O)c1)c2-c1cc(O)cc(=O)o1. The van der Waals surface area contributed by atoms with Gasteiger partial charge in [-0.25, -0.2) is 4.79 Å². The molecule has 1 aromatic heterocycles. The Morgan fingerprint density at radius 1 is 0.893 bits per heavy atom. The number of aliphatic hydroxyl groups is 1. The first kappa shape index (κ1) is 17.8. The fourth-order valence-electron chi connectivity index (χ4n) is 3.63. The molecule has 0 aliphatic heterocycles. The van der Waals surface area contributed by atoms with Gasteiger partial charge in [-0.15, -0.1) is 0 Å². The molecule has 0 radical (unpaired) electrons. The first-order chi connectivity index (χ1) is 13.3. The normalized spacial score (nSPS) is 16.0. The second-order valence-corrected chi connectivity index (χ2v) is 6.71. The number of hydrogen-bond acceptors (Lipinski definition) is 7. The summed E-state index contributed by atoms with van der Waals surface area (Å²) in [4.78, 5) is 24.3.